The molecule has 0 fully saturated rings. The van der Waals surface area contributed by atoms with Gasteiger partial charge in [-0.2, -0.15) is 18.0 Å². The van der Waals surface area contributed by atoms with Gasteiger partial charge in [0, 0.05) is 5.56 Å². The van der Waals surface area contributed by atoms with Crippen molar-refractivity contribution in [2.75, 3.05) is 6.61 Å². The Balaban J connectivity index is 1.63. The molecular weight excluding hydrogens is 321 g/mol. The lowest BCUT2D eigenvalue weighted by atomic mass is 10.2. The quantitative estimate of drug-likeness (QED) is 0.718. The van der Waals surface area contributed by atoms with Gasteiger partial charge in [0.15, 0.2) is 6.61 Å². The lowest BCUT2D eigenvalue weighted by Crippen LogP contribution is -2.19. The van der Waals surface area contributed by atoms with E-state index >= 15 is 0 Å². The Kier molecular flexibility index (Phi) is 4.45. The molecule has 0 aliphatic rings. The molecule has 0 atom stereocenters. The van der Waals surface area contributed by atoms with Gasteiger partial charge in [-0.1, -0.05) is 42.5 Å². The summed E-state index contributed by atoms with van der Waals surface area (Å²) in [7, 11) is 0. The minimum absolute atomic E-state index is 0.160. The second-order valence-corrected chi connectivity index (χ2v) is 5.06. The lowest BCUT2D eigenvalue weighted by molar-refractivity contribution is -0.153. The summed E-state index contributed by atoms with van der Waals surface area (Å²) in [6, 6.07) is 15.7. The number of nitrogens with zero attached hydrogens (tertiary/aromatic N) is 4. The molecule has 1 aromatic heterocycles. The normalized spacial score (nSPS) is 11.5. The molecule has 1 heterocycles. The smallest absolute Gasteiger partial charge is 0.422 e. The second kappa shape index (κ2) is 6.69. The number of benzene rings is 2. The largest absolute Gasteiger partial charge is 0.484 e. The fraction of sp³-hybridized carbons (Fsp3) is 0.188. The Morgan fingerprint density at radius 1 is 0.958 bits per heavy atom. The van der Waals surface area contributed by atoms with Crippen molar-refractivity contribution >= 4 is 0 Å². The van der Waals surface area contributed by atoms with Gasteiger partial charge >= 0.3 is 6.18 Å². The molecule has 8 heteroatoms. The molecule has 3 aromatic rings. The predicted octanol–water partition coefficient (Wildman–Crippen LogP) is 3.33. The lowest BCUT2D eigenvalue weighted by Gasteiger charge is -2.09. The zero-order chi connectivity index (χ0) is 17.0. The Hall–Kier alpha value is -2.90. The van der Waals surface area contributed by atoms with E-state index in [9.17, 15) is 13.2 Å². The van der Waals surface area contributed by atoms with Crippen molar-refractivity contribution in [2.45, 2.75) is 12.7 Å². The first-order chi connectivity index (χ1) is 11.5. The van der Waals surface area contributed by atoms with E-state index in [0.29, 0.717) is 12.4 Å². The molecule has 0 saturated heterocycles. The van der Waals surface area contributed by atoms with E-state index in [0.717, 1.165) is 11.1 Å². The van der Waals surface area contributed by atoms with Crippen LogP contribution < -0.4 is 4.74 Å². The molecule has 3 rings (SSSR count). The molecule has 0 unspecified atom stereocenters. The first kappa shape index (κ1) is 16.0. The first-order valence-corrected chi connectivity index (χ1v) is 7.11. The van der Waals surface area contributed by atoms with Crippen LogP contribution in [-0.4, -0.2) is 33.0 Å². The van der Waals surface area contributed by atoms with E-state index in [1.807, 2.05) is 30.3 Å². The Labute approximate surface area is 135 Å². The third kappa shape index (κ3) is 4.31. The number of tetrazole rings is 1. The number of alkyl halides is 3. The second-order valence-electron chi connectivity index (χ2n) is 5.06. The third-order valence-corrected chi connectivity index (χ3v) is 3.13. The maximum atomic E-state index is 12.1. The molecule has 0 spiro atoms. The molecule has 0 saturated carbocycles. The van der Waals surface area contributed by atoms with Gasteiger partial charge in [0.2, 0.25) is 5.82 Å². The molecule has 5 nitrogen and oxygen atoms in total. The van der Waals surface area contributed by atoms with Crippen molar-refractivity contribution in [3.05, 3.63) is 60.2 Å². The van der Waals surface area contributed by atoms with Gasteiger partial charge in [-0.15, -0.1) is 10.2 Å². The van der Waals surface area contributed by atoms with Crippen molar-refractivity contribution < 1.29 is 17.9 Å². The molecule has 0 bridgehead atoms. The first-order valence-electron chi connectivity index (χ1n) is 7.11. The van der Waals surface area contributed by atoms with Crippen molar-refractivity contribution in [1.82, 2.24) is 20.2 Å². The van der Waals surface area contributed by atoms with Gasteiger partial charge in [-0.25, -0.2) is 0 Å². The summed E-state index contributed by atoms with van der Waals surface area (Å²) in [6.07, 6.45) is -4.35. The van der Waals surface area contributed by atoms with E-state index in [-0.39, 0.29) is 5.75 Å². The van der Waals surface area contributed by atoms with Crippen LogP contribution in [0.25, 0.3) is 11.4 Å². The maximum Gasteiger partial charge on any atom is 0.422 e. The molecule has 0 N–H and O–H groups in total. The highest BCUT2D eigenvalue weighted by Crippen LogP contribution is 2.19. The van der Waals surface area contributed by atoms with E-state index in [1.54, 1.807) is 12.1 Å². The SMILES string of the molecule is FC(F)(F)COc1ccc(Cn2nnc(-c3ccccc3)n2)cc1. The van der Waals surface area contributed by atoms with Crippen molar-refractivity contribution in [1.29, 1.82) is 0 Å². The predicted molar refractivity (Wildman–Crippen MR) is 80.3 cm³/mol. The van der Waals surface area contributed by atoms with Crippen LogP contribution >= 0.6 is 0 Å². The average molecular weight is 334 g/mol. The molecule has 0 amide bonds. The monoisotopic (exact) mass is 334 g/mol. The maximum absolute atomic E-state index is 12.1. The van der Waals surface area contributed by atoms with Crippen molar-refractivity contribution in [3.63, 3.8) is 0 Å². The van der Waals surface area contributed by atoms with Crippen molar-refractivity contribution in [2.24, 2.45) is 0 Å². The minimum atomic E-state index is -4.35. The number of hydrogen-bond donors (Lipinski definition) is 0. The molecule has 2 aromatic carbocycles. The summed E-state index contributed by atoms with van der Waals surface area (Å²) >= 11 is 0. The summed E-state index contributed by atoms with van der Waals surface area (Å²) in [5.74, 6) is 0.674. The van der Waals surface area contributed by atoms with Gasteiger partial charge in [-0.3, -0.25) is 0 Å². The van der Waals surface area contributed by atoms with Gasteiger partial charge in [0.1, 0.15) is 5.75 Å². The summed E-state index contributed by atoms with van der Waals surface area (Å²) in [6.45, 7) is -0.948. The fourth-order valence-electron chi connectivity index (χ4n) is 2.03. The Morgan fingerprint density at radius 2 is 1.67 bits per heavy atom. The van der Waals surface area contributed by atoms with Crippen LogP contribution in [-0.2, 0) is 6.54 Å². The number of ether oxygens (including phenoxy) is 1. The number of rotatable bonds is 5. The highest BCUT2D eigenvalue weighted by Gasteiger charge is 2.28. The van der Waals surface area contributed by atoms with Crippen LogP contribution in [0.1, 0.15) is 5.56 Å². The molecular formula is C16H13F3N4O. The van der Waals surface area contributed by atoms with E-state index in [2.05, 4.69) is 20.1 Å². The van der Waals surface area contributed by atoms with Gasteiger partial charge < -0.3 is 4.74 Å². The highest BCUT2D eigenvalue weighted by molar-refractivity contribution is 5.52. The van der Waals surface area contributed by atoms with Crippen LogP contribution in [0.4, 0.5) is 13.2 Å². The zero-order valence-corrected chi connectivity index (χ0v) is 12.4. The molecule has 0 aliphatic heterocycles. The van der Waals surface area contributed by atoms with E-state index in [4.69, 9.17) is 0 Å². The number of halogens is 3. The summed E-state index contributed by atoms with van der Waals surface area (Å²) < 4.78 is 41.0. The van der Waals surface area contributed by atoms with Crippen LogP contribution in [0, 0.1) is 0 Å². The van der Waals surface area contributed by atoms with Gasteiger partial charge in [-0.05, 0) is 22.9 Å². The molecule has 24 heavy (non-hydrogen) atoms. The molecule has 0 radical (unpaired) electrons. The third-order valence-electron chi connectivity index (χ3n) is 3.13. The average Bonchev–Trinajstić information content (AvgIpc) is 3.03. The minimum Gasteiger partial charge on any atom is -0.484 e. The summed E-state index contributed by atoms with van der Waals surface area (Å²) in [5.41, 5.74) is 1.69. The highest BCUT2D eigenvalue weighted by atomic mass is 19.4. The summed E-state index contributed by atoms with van der Waals surface area (Å²) in [4.78, 5) is 1.42. The standard InChI is InChI=1S/C16H13F3N4O/c17-16(18,19)11-24-14-8-6-12(7-9-14)10-23-21-15(20-22-23)13-4-2-1-3-5-13/h1-9H,10-11H2. The van der Waals surface area contributed by atoms with Gasteiger partial charge in [0.25, 0.3) is 0 Å². The number of hydrogen-bond acceptors (Lipinski definition) is 4. The number of aromatic nitrogens is 4. The molecule has 124 valence electrons. The van der Waals surface area contributed by atoms with Crippen LogP contribution in [0.15, 0.2) is 54.6 Å². The summed E-state index contributed by atoms with van der Waals surface area (Å²) in [5, 5.41) is 12.2. The van der Waals surface area contributed by atoms with E-state index < -0.39 is 12.8 Å². The molecule has 0 aliphatic carbocycles. The van der Waals surface area contributed by atoms with Gasteiger partial charge in [0.05, 0.1) is 6.54 Å². The Bertz CT molecular complexity index is 785. The fourth-order valence-corrected chi connectivity index (χ4v) is 2.03. The van der Waals surface area contributed by atoms with Crippen LogP contribution in [0.3, 0.4) is 0 Å². The van der Waals surface area contributed by atoms with Crippen LogP contribution in [0.5, 0.6) is 5.75 Å². The van der Waals surface area contributed by atoms with E-state index in [1.165, 1.54) is 16.9 Å². The Morgan fingerprint density at radius 3 is 2.33 bits per heavy atom. The zero-order valence-electron chi connectivity index (χ0n) is 12.4. The topological polar surface area (TPSA) is 52.8 Å². The van der Waals surface area contributed by atoms with Crippen molar-refractivity contribution in [3.8, 4) is 17.1 Å². The van der Waals surface area contributed by atoms with Crippen LogP contribution in [0.2, 0.25) is 0 Å².